The molecule has 166 valence electrons. The first-order valence-corrected chi connectivity index (χ1v) is 11.6. The zero-order valence-corrected chi connectivity index (χ0v) is 18.8. The van der Waals surface area contributed by atoms with E-state index >= 15 is 0 Å². The number of rotatable bonds is 6. The van der Waals surface area contributed by atoms with Crippen LogP contribution in [-0.2, 0) is 9.59 Å². The summed E-state index contributed by atoms with van der Waals surface area (Å²) in [7, 11) is 2.21. The molecule has 0 N–H and O–H groups in total. The van der Waals surface area contributed by atoms with E-state index in [-0.39, 0.29) is 11.8 Å². The SMILES string of the molecule is CC(C)C(=O)N1CCN(CCC(=O)N2CCN(CC3CCN(C)CC3)CC2)CC1. The summed E-state index contributed by atoms with van der Waals surface area (Å²) in [6.07, 6.45) is 3.23. The zero-order valence-electron chi connectivity index (χ0n) is 18.8. The summed E-state index contributed by atoms with van der Waals surface area (Å²) in [5, 5.41) is 0. The van der Waals surface area contributed by atoms with E-state index in [9.17, 15) is 9.59 Å². The summed E-state index contributed by atoms with van der Waals surface area (Å²) in [6, 6.07) is 0. The Balaban J connectivity index is 1.30. The summed E-state index contributed by atoms with van der Waals surface area (Å²) < 4.78 is 0. The first-order chi connectivity index (χ1) is 13.9. The molecule has 0 atom stereocenters. The molecule has 0 aromatic rings. The second-order valence-corrected chi connectivity index (χ2v) is 9.50. The lowest BCUT2D eigenvalue weighted by atomic mass is 9.96. The number of likely N-dealkylation sites (tertiary alicyclic amines) is 1. The second kappa shape index (κ2) is 10.7. The van der Waals surface area contributed by atoms with Crippen LogP contribution < -0.4 is 0 Å². The van der Waals surface area contributed by atoms with Crippen LogP contribution in [0.2, 0.25) is 0 Å². The minimum absolute atomic E-state index is 0.0706. The number of hydrogen-bond donors (Lipinski definition) is 0. The Morgan fingerprint density at radius 1 is 0.793 bits per heavy atom. The molecule has 0 aromatic carbocycles. The monoisotopic (exact) mass is 407 g/mol. The van der Waals surface area contributed by atoms with Gasteiger partial charge >= 0.3 is 0 Å². The highest BCUT2D eigenvalue weighted by Gasteiger charge is 2.26. The van der Waals surface area contributed by atoms with Gasteiger partial charge in [-0.1, -0.05) is 13.8 Å². The van der Waals surface area contributed by atoms with Crippen LogP contribution in [0.5, 0.6) is 0 Å². The third-order valence-electron chi connectivity index (χ3n) is 6.90. The first kappa shape index (κ1) is 22.5. The van der Waals surface area contributed by atoms with Gasteiger partial charge < -0.3 is 14.7 Å². The Labute approximate surface area is 177 Å². The quantitative estimate of drug-likeness (QED) is 0.648. The average molecular weight is 408 g/mol. The van der Waals surface area contributed by atoms with Gasteiger partial charge in [0.2, 0.25) is 11.8 Å². The maximum absolute atomic E-state index is 12.6. The second-order valence-electron chi connectivity index (χ2n) is 9.50. The van der Waals surface area contributed by atoms with Gasteiger partial charge in [0.1, 0.15) is 0 Å². The smallest absolute Gasteiger partial charge is 0.225 e. The Kier molecular flexibility index (Phi) is 8.33. The van der Waals surface area contributed by atoms with Gasteiger partial charge in [0.15, 0.2) is 0 Å². The van der Waals surface area contributed by atoms with Crippen LogP contribution in [0.1, 0.15) is 33.1 Å². The molecule has 29 heavy (non-hydrogen) atoms. The Hall–Kier alpha value is -1.18. The lowest BCUT2D eigenvalue weighted by Crippen LogP contribution is -2.52. The summed E-state index contributed by atoms with van der Waals surface area (Å²) in [4.78, 5) is 36.1. The average Bonchev–Trinajstić information content (AvgIpc) is 2.74. The van der Waals surface area contributed by atoms with Gasteiger partial charge in [0.05, 0.1) is 0 Å². The van der Waals surface area contributed by atoms with Crippen molar-refractivity contribution >= 4 is 11.8 Å². The molecule has 3 heterocycles. The van der Waals surface area contributed by atoms with Crippen molar-refractivity contribution in [1.82, 2.24) is 24.5 Å². The Morgan fingerprint density at radius 3 is 1.93 bits per heavy atom. The van der Waals surface area contributed by atoms with E-state index in [1.807, 2.05) is 18.7 Å². The minimum atomic E-state index is 0.0706. The van der Waals surface area contributed by atoms with E-state index in [4.69, 9.17) is 0 Å². The highest BCUT2D eigenvalue weighted by atomic mass is 16.2. The van der Waals surface area contributed by atoms with Gasteiger partial charge in [-0.05, 0) is 38.9 Å². The van der Waals surface area contributed by atoms with Crippen molar-refractivity contribution in [3.05, 3.63) is 0 Å². The van der Waals surface area contributed by atoms with Gasteiger partial charge in [0.25, 0.3) is 0 Å². The molecule has 3 aliphatic rings. The number of piperazine rings is 2. The van der Waals surface area contributed by atoms with Crippen LogP contribution in [0.3, 0.4) is 0 Å². The number of hydrogen-bond acceptors (Lipinski definition) is 5. The summed E-state index contributed by atoms with van der Waals surface area (Å²) in [5.41, 5.74) is 0. The molecule has 0 unspecified atom stereocenters. The van der Waals surface area contributed by atoms with E-state index in [2.05, 4.69) is 26.6 Å². The van der Waals surface area contributed by atoms with E-state index in [0.29, 0.717) is 12.3 Å². The van der Waals surface area contributed by atoms with Gasteiger partial charge in [0, 0.05) is 77.8 Å². The van der Waals surface area contributed by atoms with Crippen molar-refractivity contribution in [3.8, 4) is 0 Å². The molecular formula is C22H41N5O2. The van der Waals surface area contributed by atoms with Gasteiger partial charge in [-0.2, -0.15) is 0 Å². The number of nitrogens with zero attached hydrogens (tertiary/aromatic N) is 5. The molecule has 7 nitrogen and oxygen atoms in total. The molecule has 3 aliphatic heterocycles. The predicted octanol–water partition coefficient (Wildman–Crippen LogP) is 0.663. The van der Waals surface area contributed by atoms with Crippen LogP contribution in [0, 0.1) is 11.8 Å². The van der Waals surface area contributed by atoms with E-state index in [0.717, 1.165) is 64.8 Å². The van der Waals surface area contributed by atoms with Crippen molar-refractivity contribution in [2.45, 2.75) is 33.1 Å². The molecule has 2 amide bonds. The number of amides is 2. The third kappa shape index (κ3) is 6.66. The van der Waals surface area contributed by atoms with Crippen molar-refractivity contribution in [1.29, 1.82) is 0 Å². The van der Waals surface area contributed by atoms with Crippen LogP contribution in [0.4, 0.5) is 0 Å². The fraction of sp³-hybridized carbons (Fsp3) is 0.909. The topological polar surface area (TPSA) is 50.3 Å². The zero-order chi connectivity index (χ0) is 20.8. The lowest BCUT2D eigenvalue weighted by molar-refractivity contribution is -0.137. The summed E-state index contributed by atoms with van der Waals surface area (Å²) in [6.45, 7) is 15.5. The molecule has 7 heteroatoms. The first-order valence-electron chi connectivity index (χ1n) is 11.6. The Bertz CT molecular complexity index is 531. The van der Waals surface area contributed by atoms with E-state index in [1.165, 1.54) is 32.5 Å². The van der Waals surface area contributed by atoms with Crippen molar-refractivity contribution < 1.29 is 9.59 Å². The van der Waals surface area contributed by atoms with E-state index in [1.54, 1.807) is 0 Å². The molecule has 3 fully saturated rings. The van der Waals surface area contributed by atoms with Gasteiger partial charge in [-0.15, -0.1) is 0 Å². The molecule has 3 rings (SSSR count). The van der Waals surface area contributed by atoms with Crippen molar-refractivity contribution in [3.63, 3.8) is 0 Å². The highest BCUT2D eigenvalue weighted by molar-refractivity contribution is 5.78. The fourth-order valence-electron chi connectivity index (χ4n) is 4.76. The predicted molar refractivity (Wildman–Crippen MR) is 116 cm³/mol. The fourth-order valence-corrected chi connectivity index (χ4v) is 4.76. The molecule has 0 spiro atoms. The molecule has 0 saturated carbocycles. The minimum Gasteiger partial charge on any atom is -0.340 e. The van der Waals surface area contributed by atoms with Crippen LogP contribution in [-0.4, -0.2) is 122 Å². The summed E-state index contributed by atoms with van der Waals surface area (Å²) in [5.74, 6) is 1.44. The molecule has 0 radical (unpaired) electrons. The number of piperidine rings is 1. The molecule has 0 aromatic heterocycles. The summed E-state index contributed by atoms with van der Waals surface area (Å²) >= 11 is 0. The van der Waals surface area contributed by atoms with Crippen LogP contribution >= 0.6 is 0 Å². The van der Waals surface area contributed by atoms with Crippen LogP contribution in [0.25, 0.3) is 0 Å². The van der Waals surface area contributed by atoms with Crippen molar-refractivity contribution in [2.75, 3.05) is 85.6 Å². The molecule has 3 saturated heterocycles. The van der Waals surface area contributed by atoms with Gasteiger partial charge in [-0.25, -0.2) is 0 Å². The normalized spacial score (nSPS) is 23.7. The molecule has 0 aliphatic carbocycles. The Morgan fingerprint density at radius 2 is 1.34 bits per heavy atom. The highest BCUT2D eigenvalue weighted by Crippen LogP contribution is 2.18. The number of carbonyl (C=O) groups is 2. The number of carbonyl (C=O) groups excluding carboxylic acids is 2. The van der Waals surface area contributed by atoms with E-state index < -0.39 is 0 Å². The van der Waals surface area contributed by atoms with Crippen molar-refractivity contribution in [2.24, 2.45) is 11.8 Å². The largest absolute Gasteiger partial charge is 0.340 e. The van der Waals surface area contributed by atoms with Gasteiger partial charge in [-0.3, -0.25) is 19.4 Å². The molecule has 0 bridgehead atoms. The maximum atomic E-state index is 12.6. The standard InChI is InChI=1S/C22H41N5O2/c1-19(2)22(29)27-16-10-24(11-17-27)9-6-21(28)26-14-12-25(13-15-26)18-20-4-7-23(3)8-5-20/h19-20H,4-18H2,1-3H3. The lowest BCUT2D eigenvalue weighted by Gasteiger charge is -2.39. The third-order valence-corrected chi connectivity index (χ3v) is 6.90. The maximum Gasteiger partial charge on any atom is 0.225 e. The van der Waals surface area contributed by atoms with Crippen LogP contribution in [0.15, 0.2) is 0 Å². The molecular weight excluding hydrogens is 366 g/mol.